The highest BCUT2D eigenvalue weighted by atomic mass is 16.5. The molecule has 0 unspecified atom stereocenters. The summed E-state index contributed by atoms with van der Waals surface area (Å²) in [6, 6.07) is 17.9. The molecule has 0 saturated carbocycles. The van der Waals surface area contributed by atoms with Gasteiger partial charge in [-0.2, -0.15) is 0 Å². The highest BCUT2D eigenvalue weighted by molar-refractivity contribution is 5.96. The molecule has 2 aromatic heterocycles. The molecule has 0 aliphatic rings. The fraction of sp³-hybridized carbons (Fsp3) is 0.0455. The zero-order valence-corrected chi connectivity index (χ0v) is 15.4. The van der Waals surface area contributed by atoms with Crippen molar-refractivity contribution in [2.75, 3.05) is 0 Å². The van der Waals surface area contributed by atoms with Crippen molar-refractivity contribution in [3.05, 3.63) is 90.4 Å². The molecule has 0 radical (unpaired) electrons. The van der Waals surface area contributed by atoms with Crippen LogP contribution in [0.3, 0.4) is 0 Å². The minimum Gasteiger partial charge on any atom is -0.456 e. The summed E-state index contributed by atoms with van der Waals surface area (Å²) in [5.74, 6) is 0.469. The number of pyridine rings is 1. The van der Waals surface area contributed by atoms with Gasteiger partial charge in [0.1, 0.15) is 11.5 Å². The van der Waals surface area contributed by atoms with Crippen molar-refractivity contribution in [1.82, 2.24) is 20.8 Å². The first kappa shape index (κ1) is 18.2. The first-order valence-electron chi connectivity index (χ1n) is 9.01. The molecule has 0 atom stereocenters. The van der Waals surface area contributed by atoms with Gasteiger partial charge in [0, 0.05) is 28.9 Å². The van der Waals surface area contributed by atoms with Crippen LogP contribution in [-0.4, -0.2) is 21.8 Å². The lowest BCUT2D eigenvalue weighted by molar-refractivity contribution is -0.121. The second-order valence-corrected chi connectivity index (χ2v) is 6.35. The van der Waals surface area contributed by atoms with E-state index in [1.54, 1.807) is 55.0 Å². The minimum absolute atomic E-state index is 0.155. The number of aromatic nitrogens is 2. The number of fused-ring (bicyclic) bond motifs is 1. The molecule has 0 fully saturated rings. The van der Waals surface area contributed by atoms with Crippen molar-refractivity contribution in [2.45, 2.75) is 6.42 Å². The van der Waals surface area contributed by atoms with Gasteiger partial charge in [-0.05, 0) is 48.0 Å². The fourth-order valence-corrected chi connectivity index (χ4v) is 2.91. The zero-order chi connectivity index (χ0) is 20.1. The molecule has 0 saturated heterocycles. The Morgan fingerprint density at radius 2 is 1.76 bits per heavy atom. The van der Waals surface area contributed by atoms with Gasteiger partial charge in [-0.25, -0.2) is 0 Å². The van der Waals surface area contributed by atoms with Crippen LogP contribution in [-0.2, 0) is 11.2 Å². The normalized spacial score (nSPS) is 10.5. The number of H-pyrrole nitrogens is 1. The summed E-state index contributed by atoms with van der Waals surface area (Å²) >= 11 is 0. The van der Waals surface area contributed by atoms with E-state index in [1.165, 1.54) is 0 Å². The first-order chi connectivity index (χ1) is 14.2. The monoisotopic (exact) mass is 386 g/mol. The lowest BCUT2D eigenvalue weighted by atomic mass is 10.1. The van der Waals surface area contributed by atoms with Crippen LogP contribution < -0.4 is 15.6 Å². The summed E-state index contributed by atoms with van der Waals surface area (Å²) in [6.45, 7) is 0. The number of hydrogen-bond acceptors (Lipinski definition) is 4. The number of amides is 2. The summed E-state index contributed by atoms with van der Waals surface area (Å²) in [6.07, 6.45) is 5.21. The van der Waals surface area contributed by atoms with Crippen LogP contribution in [0.2, 0.25) is 0 Å². The van der Waals surface area contributed by atoms with Crippen molar-refractivity contribution >= 4 is 22.7 Å². The Balaban J connectivity index is 1.31. The molecule has 7 nitrogen and oxygen atoms in total. The molecule has 3 N–H and O–H groups in total. The lowest BCUT2D eigenvalue weighted by Gasteiger charge is -2.08. The molecule has 0 spiro atoms. The Bertz CT molecular complexity index is 1140. The first-order valence-corrected chi connectivity index (χ1v) is 9.01. The average Bonchev–Trinajstić information content (AvgIpc) is 3.16. The largest absolute Gasteiger partial charge is 0.456 e. The molecular weight excluding hydrogens is 368 g/mol. The predicted molar refractivity (Wildman–Crippen MR) is 108 cm³/mol. The second kappa shape index (κ2) is 8.26. The summed E-state index contributed by atoms with van der Waals surface area (Å²) in [4.78, 5) is 31.5. The smallest absolute Gasteiger partial charge is 0.269 e. The van der Waals surface area contributed by atoms with Crippen molar-refractivity contribution < 1.29 is 14.3 Å². The van der Waals surface area contributed by atoms with E-state index in [4.69, 9.17) is 4.74 Å². The molecule has 0 aliphatic carbocycles. The number of nitrogens with zero attached hydrogens (tertiary/aromatic N) is 1. The predicted octanol–water partition coefficient (Wildman–Crippen LogP) is 3.36. The Hall–Kier alpha value is -4.13. The van der Waals surface area contributed by atoms with Gasteiger partial charge >= 0.3 is 0 Å². The third-order valence-electron chi connectivity index (χ3n) is 4.33. The molecule has 144 valence electrons. The van der Waals surface area contributed by atoms with E-state index in [0.29, 0.717) is 17.1 Å². The average molecular weight is 386 g/mol. The molecule has 2 aromatic carbocycles. The Morgan fingerprint density at radius 1 is 0.931 bits per heavy atom. The standard InChI is InChI=1S/C22H18N4O3/c27-21(12-16-13-24-20-6-2-1-5-19(16)20)25-26-22(28)15-7-9-17(10-8-15)29-18-4-3-11-23-14-18/h1-11,13-14,24H,12H2,(H,25,27)(H,26,28). The SMILES string of the molecule is O=C(Cc1c[nH]c2ccccc12)NNC(=O)c1ccc(Oc2cccnc2)cc1. The molecule has 4 aromatic rings. The number of carbonyl (C=O) groups is 2. The van der Waals surface area contributed by atoms with Crippen molar-refractivity contribution in [3.8, 4) is 11.5 Å². The number of ether oxygens (including phenoxy) is 1. The minimum atomic E-state index is -0.412. The summed E-state index contributed by atoms with van der Waals surface area (Å²) < 4.78 is 5.64. The number of para-hydroxylation sites is 1. The quantitative estimate of drug-likeness (QED) is 0.458. The van der Waals surface area contributed by atoms with Gasteiger partial charge in [-0.3, -0.25) is 25.4 Å². The van der Waals surface area contributed by atoms with E-state index in [2.05, 4.69) is 20.8 Å². The van der Waals surface area contributed by atoms with Gasteiger partial charge in [0.25, 0.3) is 5.91 Å². The number of hydrogen-bond donors (Lipinski definition) is 3. The zero-order valence-electron chi connectivity index (χ0n) is 15.4. The third kappa shape index (κ3) is 4.41. The third-order valence-corrected chi connectivity index (χ3v) is 4.33. The number of carbonyl (C=O) groups excluding carboxylic acids is 2. The topological polar surface area (TPSA) is 96.1 Å². The maximum atomic E-state index is 12.3. The van der Waals surface area contributed by atoms with E-state index in [0.717, 1.165) is 16.5 Å². The molecule has 2 heterocycles. The van der Waals surface area contributed by atoms with Crippen LogP contribution in [0.4, 0.5) is 0 Å². The van der Waals surface area contributed by atoms with Gasteiger partial charge in [-0.1, -0.05) is 18.2 Å². The number of benzene rings is 2. The number of hydrazine groups is 1. The van der Waals surface area contributed by atoms with Gasteiger partial charge in [0.2, 0.25) is 5.91 Å². The van der Waals surface area contributed by atoms with E-state index in [-0.39, 0.29) is 12.3 Å². The van der Waals surface area contributed by atoms with Gasteiger partial charge in [0.15, 0.2) is 0 Å². The van der Waals surface area contributed by atoms with Crippen LogP contribution in [0.1, 0.15) is 15.9 Å². The van der Waals surface area contributed by atoms with E-state index in [1.807, 2.05) is 24.3 Å². The van der Waals surface area contributed by atoms with E-state index < -0.39 is 5.91 Å². The molecule has 2 amide bonds. The molecule has 0 bridgehead atoms. The highest BCUT2D eigenvalue weighted by Gasteiger charge is 2.11. The Labute approximate surface area is 166 Å². The van der Waals surface area contributed by atoms with E-state index >= 15 is 0 Å². The van der Waals surface area contributed by atoms with Crippen LogP contribution >= 0.6 is 0 Å². The van der Waals surface area contributed by atoms with Crippen molar-refractivity contribution in [1.29, 1.82) is 0 Å². The maximum absolute atomic E-state index is 12.3. The maximum Gasteiger partial charge on any atom is 0.269 e. The second-order valence-electron chi connectivity index (χ2n) is 6.35. The Kier molecular flexibility index (Phi) is 5.20. The molecule has 7 heteroatoms. The summed E-state index contributed by atoms with van der Waals surface area (Å²) in [5.41, 5.74) is 7.11. The highest BCUT2D eigenvalue weighted by Crippen LogP contribution is 2.20. The molecule has 0 aliphatic heterocycles. The van der Waals surface area contributed by atoms with Crippen molar-refractivity contribution in [3.63, 3.8) is 0 Å². The van der Waals surface area contributed by atoms with Gasteiger partial charge < -0.3 is 9.72 Å². The number of aromatic amines is 1. The molecule has 29 heavy (non-hydrogen) atoms. The van der Waals surface area contributed by atoms with Gasteiger partial charge in [0.05, 0.1) is 12.6 Å². The molecular formula is C22H18N4O3. The van der Waals surface area contributed by atoms with Crippen LogP contribution in [0.5, 0.6) is 11.5 Å². The fourth-order valence-electron chi connectivity index (χ4n) is 2.91. The van der Waals surface area contributed by atoms with Crippen LogP contribution in [0, 0.1) is 0 Å². The molecule has 4 rings (SSSR count). The number of nitrogens with one attached hydrogen (secondary N) is 3. The van der Waals surface area contributed by atoms with Crippen molar-refractivity contribution in [2.24, 2.45) is 0 Å². The van der Waals surface area contributed by atoms with Crippen LogP contribution in [0.25, 0.3) is 10.9 Å². The Morgan fingerprint density at radius 3 is 2.55 bits per heavy atom. The van der Waals surface area contributed by atoms with E-state index in [9.17, 15) is 9.59 Å². The van der Waals surface area contributed by atoms with Gasteiger partial charge in [-0.15, -0.1) is 0 Å². The summed E-state index contributed by atoms with van der Waals surface area (Å²) in [7, 11) is 0. The lowest BCUT2D eigenvalue weighted by Crippen LogP contribution is -2.42. The van der Waals surface area contributed by atoms with Crippen LogP contribution in [0.15, 0.2) is 79.3 Å². The number of rotatable bonds is 5. The summed E-state index contributed by atoms with van der Waals surface area (Å²) in [5, 5.41) is 0.984.